The zero-order chi connectivity index (χ0) is 22.1. The Balaban J connectivity index is 1.95. The first-order chi connectivity index (χ1) is 14.8. The Labute approximate surface area is 180 Å². The first kappa shape index (κ1) is 21.4. The third-order valence-electron chi connectivity index (χ3n) is 5.61. The van der Waals surface area contributed by atoms with Gasteiger partial charge in [0.15, 0.2) is 6.29 Å². The lowest BCUT2D eigenvalue weighted by molar-refractivity contribution is -0.175. The van der Waals surface area contributed by atoms with Gasteiger partial charge in [-0.05, 0) is 53.3 Å². The normalized spacial score (nSPS) is 21.9. The topological polar surface area (TPSA) is 71.7 Å². The van der Waals surface area contributed by atoms with Gasteiger partial charge < -0.3 is 14.9 Å². The molecule has 3 atom stereocenters. The van der Waals surface area contributed by atoms with Gasteiger partial charge in [0.05, 0.1) is 17.9 Å². The number of pyridine rings is 1. The third kappa shape index (κ3) is 4.32. The molecule has 5 nitrogen and oxygen atoms in total. The summed E-state index contributed by atoms with van der Waals surface area (Å²) in [5.74, 6) is -0.280. The standard InChI is InChI=1S/C25H26FNO4/c1-15(2)24-20-5-3-4-6-21(20)25(30)27(17-9-7-16(26)8-10-17)22(24)12-11-19-13-18(28)14-23(29)31-19/h3-12,15,18-19,23,28-29H,13-14H2,1-2H3/b12-11+/t18-,19-,23+/m1/s1. The first-order valence-corrected chi connectivity index (χ1v) is 10.5. The molecule has 0 radical (unpaired) electrons. The number of halogens is 1. The Kier molecular flexibility index (Phi) is 6.05. The molecule has 0 saturated carbocycles. The maximum atomic E-state index is 13.6. The van der Waals surface area contributed by atoms with E-state index >= 15 is 0 Å². The fourth-order valence-electron chi connectivity index (χ4n) is 4.24. The molecule has 0 amide bonds. The number of rotatable bonds is 4. The third-order valence-corrected chi connectivity index (χ3v) is 5.61. The molecule has 2 heterocycles. The minimum atomic E-state index is -1.03. The number of hydrogen-bond donors (Lipinski definition) is 2. The van der Waals surface area contributed by atoms with E-state index in [1.807, 2.05) is 24.3 Å². The lowest BCUT2D eigenvalue weighted by Gasteiger charge is -2.28. The van der Waals surface area contributed by atoms with Gasteiger partial charge in [-0.3, -0.25) is 9.36 Å². The van der Waals surface area contributed by atoms with E-state index in [4.69, 9.17) is 4.74 Å². The van der Waals surface area contributed by atoms with Crippen molar-refractivity contribution in [1.82, 2.24) is 4.57 Å². The van der Waals surface area contributed by atoms with E-state index in [1.54, 1.807) is 28.8 Å². The predicted molar refractivity (Wildman–Crippen MR) is 119 cm³/mol. The molecule has 162 valence electrons. The van der Waals surface area contributed by atoms with E-state index in [-0.39, 0.29) is 23.7 Å². The Morgan fingerprint density at radius 3 is 2.39 bits per heavy atom. The van der Waals surface area contributed by atoms with E-state index in [0.717, 1.165) is 10.9 Å². The molecule has 0 spiro atoms. The highest BCUT2D eigenvalue weighted by Crippen LogP contribution is 2.30. The number of hydrogen-bond acceptors (Lipinski definition) is 4. The van der Waals surface area contributed by atoms with Gasteiger partial charge >= 0.3 is 0 Å². The summed E-state index contributed by atoms with van der Waals surface area (Å²) in [6.07, 6.45) is 1.94. The molecule has 2 N–H and O–H groups in total. The fraction of sp³-hybridized carbons (Fsp3) is 0.320. The molecule has 2 aromatic carbocycles. The highest BCUT2D eigenvalue weighted by molar-refractivity contribution is 5.88. The maximum absolute atomic E-state index is 13.6. The number of ether oxygens (including phenoxy) is 1. The lowest BCUT2D eigenvalue weighted by atomic mass is 9.93. The van der Waals surface area contributed by atoms with E-state index in [0.29, 0.717) is 23.2 Å². The van der Waals surface area contributed by atoms with Crippen molar-refractivity contribution in [3.05, 3.63) is 82.0 Å². The number of aromatic nitrogens is 1. The minimum Gasteiger partial charge on any atom is -0.393 e. The molecular formula is C25H26FNO4. The van der Waals surface area contributed by atoms with Gasteiger partial charge in [-0.15, -0.1) is 0 Å². The number of nitrogens with zero attached hydrogens (tertiary/aromatic N) is 1. The van der Waals surface area contributed by atoms with Gasteiger partial charge in [0.2, 0.25) is 0 Å². The van der Waals surface area contributed by atoms with Crippen LogP contribution in [0.5, 0.6) is 0 Å². The first-order valence-electron chi connectivity index (χ1n) is 10.5. The Hall–Kier alpha value is -2.80. The second-order valence-electron chi connectivity index (χ2n) is 8.23. The summed E-state index contributed by atoms with van der Waals surface area (Å²) in [5, 5.41) is 21.3. The van der Waals surface area contributed by atoms with Crippen LogP contribution in [0.4, 0.5) is 4.39 Å². The maximum Gasteiger partial charge on any atom is 0.263 e. The van der Waals surface area contributed by atoms with Crippen molar-refractivity contribution in [2.45, 2.75) is 51.1 Å². The average molecular weight is 423 g/mol. The summed E-state index contributed by atoms with van der Waals surface area (Å²) in [5.41, 5.74) is 2.01. The van der Waals surface area contributed by atoms with E-state index in [9.17, 15) is 19.4 Å². The van der Waals surface area contributed by atoms with E-state index < -0.39 is 18.5 Å². The molecular weight excluding hydrogens is 397 g/mol. The molecule has 1 aliphatic heterocycles. The largest absolute Gasteiger partial charge is 0.393 e. The molecule has 1 aliphatic rings. The quantitative estimate of drug-likeness (QED) is 0.662. The molecule has 1 fully saturated rings. The SMILES string of the molecule is CC(C)c1c(/C=C/[C@@H]2C[C@@H](O)C[C@@H](O)O2)n(-c2ccc(F)cc2)c(=O)c2ccccc12. The Bertz CT molecular complexity index is 1160. The highest BCUT2D eigenvalue weighted by atomic mass is 19.1. The van der Waals surface area contributed by atoms with Crippen LogP contribution in [0.1, 0.15) is 43.9 Å². The summed E-state index contributed by atoms with van der Waals surface area (Å²) < 4.78 is 20.7. The number of aliphatic hydroxyl groups excluding tert-OH is 2. The van der Waals surface area contributed by atoms with Crippen molar-refractivity contribution in [3.63, 3.8) is 0 Å². The molecule has 0 unspecified atom stereocenters. The van der Waals surface area contributed by atoms with Crippen LogP contribution in [0.15, 0.2) is 59.4 Å². The van der Waals surface area contributed by atoms with Crippen molar-refractivity contribution in [2.75, 3.05) is 0 Å². The van der Waals surface area contributed by atoms with Gasteiger partial charge in [0.25, 0.3) is 5.56 Å². The number of aliphatic hydroxyl groups is 2. The summed E-state index contributed by atoms with van der Waals surface area (Å²) in [6.45, 7) is 4.12. The monoisotopic (exact) mass is 423 g/mol. The summed E-state index contributed by atoms with van der Waals surface area (Å²) in [4.78, 5) is 13.5. The van der Waals surface area contributed by atoms with Crippen LogP contribution in [0.3, 0.4) is 0 Å². The van der Waals surface area contributed by atoms with Crippen molar-refractivity contribution in [2.24, 2.45) is 0 Å². The lowest BCUT2D eigenvalue weighted by Crippen LogP contribution is -2.34. The minimum absolute atomic E-state index is 0.0975. The van der Waals surface area contributed by atoms with Crippen LogP contribution in [-0.4, -0.2) is 33.3 Å². The van der Waals surface area contributed by atoms with E-state index in [2.05, 4.69) is 13.8 Å². The molecule has 31 heavy (non-hydrogen) atoms. The van der Waals surface area contributed by atoms with Gasteiger partial charge in [-0.1, -0.05) is 38.1 Å². The highest BCUT2D eigenvalue weighted by Gasteiger charge is 2.26. The number of benzene rings is 2. The van der Waals surface area contributed by atoms with Crippen molar-refractivity contribution >= 4 is 16.8 Å². The molecule has 3 aromatic rings. The van der Waals surface area contributed by atoms with Crippen molar-refractivity contribution < 1.29 is 19.3 Å². The van der Waals surface area contributed by atoms with Crippen LogP contribution in [0, 0.1) is 5.82 Å². The van der Waals surface area contributed by atoms with Crippen LogP contribution < -0.4 is 5.56 Å². The molecule has 0 bridgehead atoms. The van der Waals surface area contributed by atoms with Crippen molar-refractivity contribution in [1.29, 1.82) is 0 Å². The molecule has 4 rings (SSSR count). The second-order valence-corrected chi connectivity index (χ2v) is 8.23. The van der Waals surface area contributed by atoms with Gasteiger partial charge in [-0.2, -0.15) is 0 Å². The summed E-state index contributed by atoms with van der Waals surface area (Å²) >= 11 is 0. The molecule has 1 aromatic heterocycles. The summed E-state index contributed by atoms with van der Waals surface area (Å²) in [6, 6.07) is 13.3. The predicted octanol–water partition coefficient (Wildman–Crippen LogP) is 4.12. The molecule has 1 saturated heterocycles. The second kappa shape index (κ2) is 8.75. The van der Waals surface area contributed by atoms with Crippen LogP contribution in [0.25, 0.3) is 22.5 Å². The number of fused-ring (bicyclic) bond motifs is 1. The van der Waals surface area contributed by atoms with Crippen molar-refractivity contribution in [3.8, 4) is 5.69 Å². The summed E-state index contributed by atoms with van der Waals surface area (Å²) in [7, 11) is 0. The van der Waals surface area contributed by atoms with Crippen LogP contribution in [-0.2, 0) is 4.74 Å². The average Bonchev–Trinajstić information content (AvgIpc) is 2.72. The Morgan fingerprint density at radius 2 is 1.74 bits per heavy atom. The van der Waals surface area contributed by atoms with Gasteiger partial charge in [-0.25, -0.2) is 4.39 Å². The Morgan fingerprint density at radius 1 is 1.06 bits per heavy atom. The molecule has 6 heteroatoms. The fourth-order valence-corrected chi connectivity index (χ4v) is 4.24. The smallest absolute Gasteiger partial charge is 0.263 e. The zero-order valence-electron chi connectivity index (χ0n) is 17.5. The zero-order valence-corrected chi connectivity index (χ0v) is 17.5. The van der Waals surface area contributed by atoms with Gasteiger partial charge in [0, 0.05) is 23.9 Å². The van der Waals surface area contributed by atoms with E-state index in [1.165, 1.54) is 12.1 Å². The van der Waals surface area contributed by atoms with Gasteiger partial charge in [0.1, 0.15) is 5.82 Å². The molecule has 0 aliphatic carbocycles. The van der Waals surface area contributed by atoms with Crippen LogP contribution in [0.2, 0.25) is 0 Å². The van der Waals surface area contributed by atoms with Crippen LogP contribution >= 0.6 is 0 Å².